The van der Waals surface area contributed by atoms with E-state index in [0.717, 1.165) is 28.1 Å². The molecular weight excluding hydrogens is 481 g/mol. The zero-order chi connectivity index (χ0) is 23.8. The van der Waals surface area contributed by atoms with Gasteiger partial charge in [-0.1, -0.05) is 17.7 Å². The van der Waals surface area contributed by atoms with Gasteiger partial charge in [0.05, 0.1) is 10.5 Å². The number of benzene rings is 2. The van der Waals surface area contributed by atoms with Crippen molar-refractivity contribution in [3.05, 3.63) is 77.0 Å². The largest absolute Gasteiger partial charge is 0.451 e. The summed E-state index contributed by atoms with van der Waals surface area (Å²) in [4.78, 5) is 13.8. The summed E-state index contributed by atoms with van der Waals surface area (Å²) >= 11 is 5.88. The molecule has 1 aliphatic rings. The van der Waals surface area contributed by atoms with Crippen molar-refractivity contribution in [1.29, 1.82) is 0 Å². The molecular formula is C22H18ClF3N2O4S. The Kier molecular flexibility index (Phi) is 6.26. The first kappa shape index (κ1) is 23.3. The monoisotopic (exact) mass is 498 g/mol. The first-order chi connectivity index (χ1) is 15.6. The molecule has 3 aromatic rings. The third-order valence-corrected chi connectivity index (χ3v) is 7.42. The second kappa shape index (κ2) is 8.85. The lowest BCUT2D eigenvalue weighted by atomic mass is 10.2. The molecule has 33 heavy (non-hydrogen) atoms. The molecule has 0 N–H and O–H groups in total. The summed E-state index contributed by atoms with van der Waals surface area (Å²) in [6.45, 7) is 0.0617. The summed E-state index contributed by atoms with van der Waals surface area (Å²) in [6.07, 6.45) is -4.65. The number of hydrogen-bond acceptors (Lipinski definition) is 4. The zero-order valence-electron chi connectivity index (χ0n) is 17.0. The third-order valence-electron chi connectivity index (χ3n) is 5.27. The van der Waals surface area contributed by atoms with E-state index in [2.05, 4.69) is 0 Å². The average Bonchev–Trinajstić information content (AvgIpc) is 3.29. The Hall–Kier alpha value is -2.82. The van der Waals surface area contributed by atoms with Gasteiger partial charge < -0.3 is 9.32 Å². The molecule has 0 saturated carbocycles. The fourth-order valence-electron chi connectivity index (χ4n) is 3.49. The number of carbonyl (C=O) groups is 1. The minimum absolute atomic E-state index is 0.0466. The summed E-state index contributed by atoms with van der Waals surface area (Å²) in [6, 6.07) is 13.7. The maximum Gasteiger partial charge on any atom is 0.416 e. The van der Waals surface area contributed by atoms with E-state index in [9.17, 15) is 26.4 Å². The molecule has 0 unspecified atom stereocenters. The highest BCUT2D eigenvalue weighted by Crippen LogP contribution is 2.31. The molecule has 2 aromatic carbocycles. The number of rotatable bonds is 4. The summed E-state index contributed by atoms with van der Waals surface area (Å²) < 4.78 is 71.3. The van der Waals surface area contributed by atoms with Crippen LogP contribution >= 0.6 is 11.6 Å². The van der Waals surface area contributed by atoms with Gasteiger partial charge >= 0.3 is 6.18 Å². The van der Waals surface area contributed by atoms with Crippen LogP contribution in [0.1, 0.15) is 16.1 Å². The quantitative estimate of drug-likeness (QED) is 0.520. The molecule has 11 heteroatoms. The van der Waals surface area contributed by atoms with Crippen LogP contribution in [-0.2, 0) is 16.2 Å². The van der Waals surface area contributed by atoms with E-state index >= 15 is 0 Å². The van der Waals surface area contributed by atoms with Crippen LogP contribution in [-0.4, -0.2) is 49.7 Å². The highest BCUT2D eigenvalue weighted by Gasteiger charge is 2.35. The Balaban J connectivity index is 1.43. The van der Waals surface area contributed by atoms with Crippen molar-refractivity contribution in [2.24, 2.45) is 0 Å². The summed E-state index contributed by atoms with van der Waals surface area (Å²) in [7, 11) is -4.13. The molecule has 1 saturated heterocycles. The van der Waals surface area contributed by atoms with Gasteiger partial charge in [0, 0.05) is 36.8 Å². The normalized spacial score (nSPS) is 15.6. The Morgan fingerprint density at radius 2 is 1.61 bits per heavy atom. The molecule has 1 aromatic heterocycles. The molecule has 0 radical (unpaired) electrons. The van der Waals surface area contributed by atoms with Gasteiger partial charge in [0.15, 0.2) is 5.76 Å². The Bertz CT molecular complexity index is 1270. The summed E-state index contributed by atoms with van der Waals surface area (Å²) in [5.74, 6) is 0.196. The number of amides is 1. The van der Waals surface area contributed by atoms with Crippen LogP contribution in [0.2, 0.25) is 5.02 Å². The molecule has 4 rings (SSSR count). The van der Waals surface area contributed by atoms with Crippen molar-refractivity contribution in [3.8, 4) is 11.3 Å². The number of halogens is 4. The standard InChI is InChI=1S/C22H18ClF3N2O4S/c23-17-6-4-15(5-7-17)19-8-9-20(32-19)21(29)27-10-12-28(13-11-27)33(30,31)18-3-1-2-16(14-18)22(24,25)26/h1-9,14H,10-13H2. The molecule has 1 aliphatic heterocycles. The van der Waals surface area contributed by atoms with Crippen LogP contribution in [0.3, 0.4) is 0 Å². The summed E-state index contributed by atoms with van der Waals surface area (Å²) in [5.41, 5.74) is -0.290. The number of furan rings is 1. The van der Waals surface area contributed by atoms with Gasteiger partial charge in [0.1, 0.15) is 5.76 Å². The summed E-state index contributed by atoms with van der Waals surface area (Å²) in [5, 5.41) is 0.569. The number of sulfonamides is 1. The van der Waals surface area contributed by atoms with Crippen molar-refractivity contribution in [2.75, 3.05) is 26.2 Å². The van der Waals surface area contributed by atoms with E-state index in [4.69, 9.17) is 16.0 Å². The predicted octanol–water partition coefficient (Wildman–Crippen LogP) is 4.77. The Morgan fingerprint density at radius 3 is 2.24 bits per heavy atom. The third kappa shape index (κ3) is 4.92. The second-order valence-corrected chi connectivity index (χ2v) is 9.77. The molecule has 0 atom stereocenters. The van der Waals surface area contributed by atoms with E-state index in [0.29, 0.717) is 16.8 Å². The van der Waals surface area contributed by atoms with Crippen molar-refractivity contribution in [1.82, 2.24) is 9.21 Å². The van der Waals surface area contributed by atoms with E-state index in [-0.39, 0.29) is 31.9 Å². The van der Waals surface area contributed by atoms with E-state index in [1.54, 1.807) is 30.3 Å². The molecule has 174 valence electrons. The van der Waals surface area contributed by atoms with Crippen molar-refractivity contribution in [2.45, 2.75) is 11.1 Å². The van der Waals surface area contributed by atoms with E-state index < -0.39 is 32.6 Å². The van der Waals surface area contributed by atoms with E-state index in [1.807, 2.05) is 0 Å². The lowest BCUT2D eigenvalue weighted by molar-refractivity contribution is -0.137. The van der Waals surface area contributed by atoms with Crippen molar-refractivity contribution in [3.63, 3.8) is 0 Å². The van der Waals surface area contributed by atoms with Gasteiger partial charge in [0.2, 0.25) is 10.0 Å². The molecule has 6 nitrogen and oxygen atoms in total. The molecule has 2 heterocycles. The van der Waals surface area contributed by atoms with Crippen LogP contribution in [0.15, 0.2) is 70.0 Å². The second-order valence-electron chi connectivity index (χ2n) is 7.39. The van der Waals surface area contributed by atoms with Gasteiger partial charge in [-0.2, -0.15) is 17.5 Å². The SMILES string of the molecule is O=C(c1ccc(-c2ccc(Cl)cc2)o1)N1CCN(S(=O)(=O)c2cccc(C(F)(F)F)c2)CC1. The molecule has 0 bridgehead atoms. The van der Waals surface area contributed by atoms with Gasteiger partial charge in [-0.15, -0.1) is 0 Å². The molecule has 1 amide bonds. The van der Waals surface area contributed by atoms with Gasteiger partial charge in [-0.05, 0) is 54.6 Å². The van der Waals surface area contributed by atoms with Gasteiger partial charge in [0.25, 0.3) is 5.91 Å². The van der Waals surface area contributed by atoms with Crippen LogP contribution in [0.5, 0.6) is 0 Å². The van der Waals surface area contributed by atoms with Crippen molar-refractivity contribution >= 4 is 27.5 Å². The number of nitrogens with zero attached hydrogens (tertiary/aromatic N) is 2. The van der Waals surface area contributed by atoms with Gasteiger partial charge in [-0.25, -0.2) is 8.42 Å². The zero-order valence-corrected chi connectivity index (χ0v) is 18.6. The molecule has 1 fully saturated rings. The lowest BCUT2D eigenvalue weighted by Crippen LogP contribution is -2.50. The number of piperazine rings is 1. The van der Waals surface area contributed by atoms with Crippen LogP contribution < -0.4 is 0 Å². The van der Waals surface area contributed by atoms with E-state index in [1.165, 1.54) is 11.0 Å². The average molecular weight is 499 g/mol. The minimum atomic E-state index is -4.65. The lowest BCUT2D eigenvalue weighted by Gasteiger charge is -2.33. The van der Waals surface area contributed by atoms with Gasteiger partial charge in [-0.3, -0.25) is 4.79 Å². The molecule has 0 aliphatic carbocycles. The molecule has 0 spiro atoms. The highest BCUT2D eigenvalue weighted by molar-refractivity contribution is 7.89. The predicted molar refractivity (Wildman–Crippen MR) is 115 cm³/mol. The fourth-order valence-corrected chi connectivity index (χ4v) is 5.09. The Morgan fingerprint density at radius 1 is 0.939 bits per heavy atom. The first-order valence-electron chi connectivity index (χ1n) is 9.88. The highest BCUT2D eigenvalue weighted by atomic mass is 35.5. The Labute approximate surface area is 193 Å². The number of carbonyl (C=O) groups excluding carboxylic acids is 1. The van der Waals surface area contributed by atoms with Crippen LogP contribution in [0.25, 0.3) is 11.3 Å². The smallest absolute Gasteiger partial charge is 0.416 e. The fraction of sp³-hybridized carbons (Fsp3) is 0.227. The topological polar surface area (TPSA) is 70.8 Å². The van der Waals surface area contributed by atoms with Crippen LogP contribution in [0.4, 0.5) is 13.2 Å². The first-order valence-corrected chi connectivity index (χ1v) is 11.7. The number of alkyl halides is 3. The van der Waals surface area contributed by atoms with Crippen molar-refractivity contribution < 1.29 is 30.8 Å². The minimum Gasteiger partial charge on any atom is -0.451 e. The maximum atomic E-state index is 13.0. The maximum absolute atomic E-state index is 13.0. The van der Waals surface area contributed by atoms with Crippen LogP contribution in [0, 0.1) is 0 Å². The number of hydrogen-bond donors (Lipinski definition) is 0.